The lowest BCUT2D eigenvalue weighted by atomic mass is 9.86. The van der Waals surface area contributed by atoms with E-state index in [1.807, 2.05) is 25.7 Å². The molecule has 4 heterocycles. The number of ether oxygens (including phenoxy) is 2. The maximum absolute atomic E-state index is 12.3. The molecule has 4 rings (SSSR count). The van der Waals surface area contributed by atoms with Crippen LogP contribution in [0, 0.1) is 0 Å². The van der Waals surface area contributed by atoms with Crippen molar-refractivity contribution >= 4 is 6.09 Å². The molecule has 29 heavy (non-hydrogen) atoms. The summed E-state index contributed by atoms with van der Waals surface area (Å²) in [7, 11) is 0. The summed E-state index contributed by atoms with van der Waals surface area (Å²) in [5.74, 6) is 0. The molecule has 6 nitrogen and oxygen atoms in total. The van der Waals surface area contributed by atoms with Gasteiger partial charge in [0.15, 0.2) is 0 Å². The first-order valence-electron chi connectivity index (χ1n) is 11.9. The van der Waals surface area contributed by atoms with Gasteiger partial charge in [-0.2, -0.15) is 0 Å². The summed E-state index contributed by atoms with van der Waals surface area (Å²) < 4.78 is 11.9. The van der Waals surface area contributed by atoms with Gasteiger partial charge >= 0.3 is 6.09 Å². The van der Waals surface area contributed by atoms with Gasteiger partial charge in [0.2, 0.25) is 0 Å². The van der Waals surface area contributed by atoms with E-state index in [-0.39, 0.29) is 11.7 Å². The summed E-state index contributed by atoms with van der Waals surface area (Å²) in [6, 6.07) is 1.37. The van der Waals surface area contributed by atoms with Gasteiger partial charge in [-0.15, -0.1) is 0 Å². The summed E-state index contributed by atoms with van der Waals surface area (Å²) in [6.07, 6.45) is 9.65. The molecule has 0 bridgehead atoms. The Balaban J connectivity index is 1.22. The van der Waals surface area contributed by atoms with Crippen molar-refractivity contribution in [2.45, 2.75) is 95.4 Å². The number of carbonyl (C=O) groups excluding carboxylic acids is 1. The second kappa shape index (κ2) is 8.72. The van der Waals surface area contributed by atoms with Crippen LogP contribution in [-0.2, 0) is 9.47 Å². The molecular weight excluding hydrogens is 366 g/mol. The average Bonchev–Trinajstić information content (AvgIpc) is 3.11. The fraction of sp³-hybridized carbons (Fsp3) is 0.957. The fourth-order valence-electron chi connectivity index (χ4n) is 5.73. The Morgan fingerprint density at radius 1 is 0.897 bits per heavy atom. The Labute approximate surface area is 176 Å². The van der Waals surface area contributed by atoms with Gasteiger partial charge in [-0.05, 0) is 78.8 Å². The molecule has 0 aromatic carbocycles. The average molecular weight is 408 g/mol. The topological polar surface area (TPSA) is 45.2 Å². The van der Waals surface area contributed by atoms with Gasteiger partial charge in [0, 0.05) is 38.3 Å². The van der Waals surface area contributed by atoms with E-state index in [0.29, 0.717) is 6.04 Å². The molecule has 0 unspecified atom stereocenters. The fourth-order valence-corrected chi connectivity index (χ4v) is 5.73. The number of carbonyl (C=O) groups is 1. The summed E-state index contributed by atoms with van der Waals surface area (Å²) in [6.45, 7) is 13.2. The van der Waals surface area contributed by atoms with Crippen molar-refractivity contribution in [3.63, 3.8) is 0 Å². The SMILES string of the molecule is CC(C)(C)OC(=O)N1CCC2(CC1)C[C@H](N1CCC(N3CCCCC3)CC1)CO2. The molecule has 0 aromatic heterocycles. The van der Waals surface area contributed by atoms with E-state index in [1.54, 1.807) is 0 Å². The van der Waals surface area contributed by atoms with Gasteiger partial charge in [0.05, 0.1) is 12.2 Å². The van der Waals surface area contributed by atoms with Crippen LogP contribution < -0.4 is 0 Å². The normalized spacial score (nSPS) is 30.0. The summed E-state index contributed by atoms with van der Waals surface area (Å²) in [5.41, 5.74) is -0.450. The number of likely N-dealkylation sites (tertiary alicyclic amines) is 3. The first kappa shape index (κ1) is 21.4. The van der Waals surface area contributed by atoms with E-state index in [2.05, 4.69) is 9.80 Å². The van der Waals surface area contributed by atoms with E-state index in [9.17, 15) is 4.79 Å². The van der Waals surface area contributed by atoms with Gasteiger partial charge < -0.3 is 19.3 Å². The third kappa shape index (κ3) is 5.26. The molecule has 1 spiro atoms. The van der Waals surface area contributed by atoms with Crippen LogP contribution in [0.5, 0.6) is 0 Å². The lowest BCUT2D eigenvalue weighted by Crippen LogP contribution is -2.50. The minimum atomic E-state index is -0.429. The number of piperidine rings is 3. The molecule has 0 aliphatic carbocycles. The predicted octanol–water partition coefficient (Wildman–Crippen LogP) is 3.50. The van der Waals surface area contributed by atoms with Crippen LogP contribution in [0.4, 0.5) is 4.79 Å². The summed E-state index contributed by atoms with van der Waals surface area (Å²) >= 11 is 0. The van der Waals surface area contributed by atoms with Crippen molar-refractivity contribution in [3.05, 3.63) is 0 Å². The zero-order chi connectivity index (χ0) is 20.5. The molecular formula is C23H41N3O3. The van der Waals surface area contributed by atoms with Crippen molar-refractivity contribution in [2.75, 3.05) is 45.9 Å². The predicted molar refractivity (Wildman–Crippen MR) is 114 cm³/mol. The molecule has 1 amide bonds. The van der Waals surface area contributed by atoms with Gasteiger partial charge in [0.1, 0.15) is 5.60 Å². The molecule has 4 saturated heterocycles. The Morgan fingerprint density at radius 2 is 1.52 bits per heavy atom. The third-order valence-electron chi connectivity index (χ3n) is 7.44. The number of rotatable bonds is 2. The van der Waals surface area contributed by atoms with Gasteiger partial charge in [0.25, 0.3) is 0 Å². The Morgan fingerprint density at radius 3 is 2.14 bits per heavy atom. The van der Waals surface area contributed by atoms with Gasteiger partial charge in [-0.25, -0.2) is 4.79 Å². The monoisotopic (exact) mass is 407 g/mol. The van der Waals surface area contributed by atoms with Gasteiger partial charge in [-0.1, -0.05) is 6.42 Å². The van der Waals surface area contributed by atoms with E-state index in [4.69, 9.17) is 9.47 Å². The summed E-state index contributed by atoms with van der Waals surface area (Å²) in [4.78, 5) is 19.6. The number of nitrogens with zero attached hydrogens (tertiary/aromatic N) is 3. The largest absolute Gasteiger partial charge is 0.444 e. The molecule has 4 aliphatic heterocycles. The maximum atomic E-state index is 12.3. The molecule has 0 saturated carbocycles. The quantitative estimate of drug-likeness (QED) is 0.701. The molecule has 0 radical (unpaired) electrons. The molecule has 0 aromatic rings. The van der Waals surface area contributed by atoms with E-state index < -0.39 is 5.60 Å². The van der Waals surface area contributed by atoms with E-state index >= 15 is 0 Å². The summed E-state index contributed by atoms with van der Waals surface area (Å²) in [5, 5.41) is 0. The minimum absolute atomic E-state index is 0.0209. The Kier molecular flexibility index (Phi) is 6.43. The zero-order valence-electron chi connectivity index (χ0n) is 18.8. The molecule has 166 valence electrons. The second-order valence-corrected chi connectivity index (χ2v) is 10.7. The van der Waals surface area contributed by atoms with Crippen molar-refractivity contribution in [1.29, 1.82) is 0 Å². The molecule has 0 N–H and O–H groups in total. The standard InChI is InChI=1S/C23H41N3O3/c1-22(2,3)29-21(27)26-15-9-23(10-16-26)17-20(18-28-23)25-13-7-19(8-14-25)24-11-5-4-6-12-24/h19-20H,4-18H2,1-3H3/t20-/m0/s1. The molecule has 4 aliphatic rings. The highest BCUT2D eigenvalue weighted by atomic mass is 16.6. The van der Waals surface area contributed by atoms with Crippen molar-refractivity contribution < 1.29 is 14.3 Å². The van der Waals surface area contributed by atoms with Crippen LogP contribution in [0.3, 0.4) is 0 Å². The molecule has 1 atom stereocenters. The second-order valence-electron chi connectivity index (χ2n) is 10.7. The highest BCUT2D eigenvalue weighted by Gasteiger charge is 2.46. The lowest BCUT2D eigenvalue weighted by Gasteiger charge is -2.42. The van der Waals surface area contributed by atoms with Crippen LogP contribution in [0.1, 0.15) is 72.1 Å². The first-order valence-corrected chi connectivity index (χ1v) is 11.9. The Bertz CT molecular complexity index is 554. The minimum Gasteiger partial charge on any atom is -0.444 e. The van der Waals surface area contributed by atoms with Crippen LogP contribution in [0.15, 0.2) is 0 Å². The van der Waals surface area contributed by atoms with Crippen LogP contribution >= 0.6 is 0 Å². The number of hydrogen-bond acceptors (Lipinski definition) is 5. The van der Waals surface area contributed by atoms with E-state index in [0.717, 1.165) is 45.0 Å². The molecule has 4 fully saturated rings. The van der Waals surface area contributed by atoms with Crippen molar-refractivity contribution in [2.24, 2.45) is 0 Å². The number of amides is 1. The van der Waals surface area contributed by atoms with Crippen LogP contribution in [-0.4, -0.2) is 90.0 Å². The molecule has 6 heteroatoms. The highest BCUT2D eigenvalue weighted by Crippen LogP contribution is 2.38. The van der Waals surface area contributed by atoms with Crippen LogP contribution in [0.2, 0.25) is 0 Å². The van der Waals surface area contributed by atoms with Crippen molar-refractivity contribution in [1.82, 2.24) is 14.7 Å². The zero-order valence-corrected chi connectivity index (χ0v) is 18.8. The number of hydrogen-bond donors (Lipinski definition) is 0. The Hall–Kier alpha value is -0.850. The maximum Gasteiger partial charge on any atom is 0.410 e. The smallest absolute Gasteiger partial charge is 0.410 e. The first-order chi connectivity index (χ1) is 13.8. The van der Waals surface area contributed by atoms with Crippen LogP contribution in [0.25, 0.3) is 0 Å². The van der Waals surface area contributed by atoms with E-state index in [1.165, 1.54) is 58.3 Å². The lowest BCUT2D eigenvalue weighted by molar-refractivity contribution is -0.0490. The van der Waals surface area contributed by atoms with Gasteiger partial charge in [-0.3, -0.25) is 4.90 Å². The third-order valence-corrected chi connectivity index (χ3v) is 7.44. The van der Waals surface area contributed by atoms with Crippen molar-refractivity contribution in [3.8, 4) is 0 Å². The highest BCUT2D eigenvalue weighted by molar-refractivity contribution is 5.68.